The Labute approximate surface area is 237 Å². The van der Waals surface area contributed by atoms with Gasteiger partial charge in [0.05, 0.1) is 5.56 Å². The van der Waals surface area contributed by atoms with Crippen LogP contribution in [0.4, 0.5) is 0 Å². The monoisotopic (exact) mass is 562 g/mol. The number of hydrogen-bond donors (Lipinski definition) is 0. The summed E-state index contributed by atoms with van der Waals surface area (Å²) in [6, 6.07) is 17.9. The highest BCUT2D eigenvalue weighted by atomic mass is 16.7. The average molecular weight is 563 g/mol. The van der Waals surface area contributed by atoms with E-state index in [1.165, 1.54) is 19.1 Å². The van der Waals surface area contributed by atoms with Gasteiger partial charge in [-0.3, -0.25) is 0 Å². The smallest absolute Gasteiger partial charge is 0.343 e. The maximum Gasteiger partial charge on any atom is 0.343 e. The number of ether oxygens (including phenoxy) is 7. The summed E-state index contributed by atoms with van der Waals surface area (Å²) >= 11 is 0. The molecule has 0 aliphatic rings. The molecule has 0 amide bonds. The Bertz CT molecular complexity index is 1390. The zero-order valence-electron chi connectivity index (χ0n) is 23.0. The van der Waals surface area contributed by atoms with Gasteiger partial charge >= 0.3 is 17.9 Å². The quantitative estimate of drug-likeness (QED) is 0.107. The van der Waals surface area contributed by atoms with Crippen molar-refractivity contribution in [2.75, 3.05) is 20.4 Å². The molecule has 0 heterocycles. The Morgan fingerprint density at radius 3 is 1.51 bits per heavy atom. The molecule has 10 nitrogen and oxygen atoms in total. The number of carbonyl (C=O) groups is 3. The summed E-state index contributed by atoms with van der Waals surface area (Å²) in [5.74, 6) is 0.731. The van der Waals surface area contributed by atoms with Gasteiger partial charge in [0.15, 0.2) is 0 Å². The first-order valence-electron chi connectivity index (χ1n) is 12.3. The Balaban J connectivity index is 1.43. The molecular weight excluding hydrogens is 532 g/mol. The minimum absolute atomic E-state index is 0.0583. The highest BCUT2D eigenvalue weighted by molar-refractivity contribution is 5.91. The van der Waals surface area contributed by atoms with Gasteiger partial charge in [0.25, 0.3) is 0 Å². The second kappa shape index (κ2) is 14.8. The van der Waals surface area contributed by atoms with Crippen molar-refractivity contribution in [3.63, 3.8) is 0 Å². The van der Waals surface area contributed by atoms with Gasteiger partial charge in [0.2, 0.25) is 20.4 Å². The van der Waals surface area contributed by atoms with Crippen LogP contribution < -0.4 is 23.7 Å². The standard InChI is InChI=1S/C31H30O10/c1-20(2)29(32)39-18-36-24-8-6-23(7-9-24)31(34)41-27-14-15-28(22(5)16-27)38-17-35-25-10-12-26(13-11-25)37-19-40-30(33)21(3)4/h6-16H,1,3,17-19H2,2,4-5H3. The second-order valence-electron chi connectivity index (χ2n) is 8.67. The lowest BCUT2D eigenvalue weighted by atomic mass is 10.2. The van der Waals surface area contributed by atoms with E-state index in [9.17, 15) is 14.4 Å². The molecule has 0 atom stereocenters. The molecule has 0 aliphatic carbocycles. The molecule has 10 heteroatoms. The second-order valence-corrected chi connectivity index (χ2v) is 8.67. The molecule has 0 aliphatic heterocycles. The summed E-state index contributed by atoms with van der Waals surface area (Å²) in [5, 5.41) is 0. The normalized spacial score (nSPS) is 10.1. The molecule has 0 spiro atoms. The molecule has 3 aromatic rings. The van der Waals surface area contributed by atoms with Crippen LogP contribution >= 0.6 is 0 Å². The van der Waals surface area contributed by atoms with E-state index in [2.05, 4.69) is 13.2 Å². The fourth-order valence-corrected chi connectivity index (χ4v) is 3.04. The van der Waals surface area contributed by atoms with Gasteiger partial charge in [-0.2, -0.15) is 0 Å². The first-order valence-corrected chi connectivity index (χ1v) is 12.3. The van der Waals surface area contributed by atoms with E-state index >= 15 is 0 Å². The third-order valence-corrected chi connectivity index (χ3v) is 5.24. The molecule has 0 aromatic heterocycles. The van der Waals surface area contributed by atoms with Crippen LogP contribution in [0, 0.1) is 6.92 Å². The highest BCUT2D eigenvalue weighted by Crippen LogP contribution is 2.25. The zero-order valence-corrected chi connectivity index (χ0v) is 23.0. The number of aryl methyl sites for hydroxylation is 1. The van der Waals surface area contributed by atoms with Crippen molar-refractivity contribution in [2.24, 2.45) is 0 Å². The van der Waals surface area contributed by atoms with Gasteiger partial charge in [-0.25, -0.2) is 14.4 Å². The molecule has 0 radical (unpaired) electrons. The minimum atomic E-state index is -0.553. The Morgan fingerprint density at radius 1 is 0.610 bits per heavy atom. The minimum Gasteiger partial charge on any atom is -0.457 e. The van der Waals surface area contributed by atoms with E-state index in [0.717, 1.165) is 5.56 Å². The van der Waals surface area contributed by atoms with Crippen LogP contribution in [0.3, 0.4) is 0 Å². The van der Waals surface area contributed by atoms with Crippen molar-refractivity contribution in [3.05, 3.63) is 102 Å². The largest absolute Gasteiger partial charge is 0.457 e. The molecule has 0 fully saturated rings. The lowest BCUT2D eigenvalue weighted by molar-refractivity contribution is -0.146. The van der Waals surface area contributed by atoms with Crippen molar-refractivity contribution in [1.29, 1.82) is 0 Å². The lowest BCUT2D eigenvalue weighted by Gasteiger charge is -2.12. The fourth-order valence-electron chi connectivity index (χ4n) is 3.04. The van der Waals surface area contributed by atoms with Crippen LogP contribution in [0.5, 0.6) is 28.7 Å². The maximum absolute atomic E-state index is 12.5. The Hall–Kier alpha value is -5.25. The molecule has 0 bridgehead atoms. The molecular formula is C31H30O10. The average Bonchev–Trinajstić information content (AvgIpc) is 2.95. The summed E-state index contributed by atoms with van der Waals surface area (Å²) in [6.07, 6.45) is 0. The topological polar surface area (TPSA) is 116 Å². The molecule has 0 N–H and O–H groups in total. The van der Waals surface area contributed by atoms with Gasteiger partial charge in [-0.1, -0.05) is 13.2 Å². The molecule has 41 heavy (non-hydrogen) atoms. The van der Waals surface area contributed by atoms with Crippen LogP contribution in [0.15, 0.2) is 91.0 Å². The molecule has 0 saturated heterocycles. The van der Waals surface area contributed by atoms with E-state index in [4.69, 9.17) is 33.2 Å². The van der Waals surface area contributed by atoms with E-state index in [-0.39, 0.29) is 26.0 Å². The van der Waals surface area contributed by atoms with Crippen molar-refractivity contribution in [3.8, 4) is 28.7 Å². The van der Waals surface area contributed by atoms with E-state index in [1.807, 2.05) is 6.92 Å². The first kappa shape index (κ1) is 30.3. The Kier molecular flexibility index (Phi) is 10.9. The van der Waals surface area contributed by atoms with Crippen LogP contribution in [0.1, 0.15) is 29.8 Å². The summed E-state index contributed by atoms with van der Waals surface area (Å²) < 4.78 is 37.2. The highest BCUT2D eigenvalue weighted by Gasteiger charge is 2.11. The van der Waals surface area contributed by atoms with Crippen molar-refractivity contribution < 1.29 is 47.5 Å². The summed E-state index contributed by atoms with van der Waals surface area (Å²) in [5.41, 5.74) is 1.61. The van der Waals surface area contributed by atoms with E-state index in [1.54, 1.807) is 61.5 Å². The predicted octanol–water partition coefficient (Wildman–Crippen LogP) is 5.54. The predicted molar refractivity (Wildman–Crippen MR) is 148 cm³/mol. The number of benzene rings is 3. The van der Waals surface area contributed by atoms with Crippen LogP contribution in [0.25, 0.3) is 0 Å². The molecule has 0 unspecified atom stereocenters. The third-order valence-electron chi connectivity index (χ3n) is 5.24. The maximum atomic E-state index is 12.5. The SMILES string of the molecule is C=C(C)C(=O)OCOc1ccc(OCOc2ccc(OC(=O)c3ccc(OCOC(=O)C(=C)C)cc3)cc2C)cc1. The summed E-state index contributed by atoms with van der Waals surface area (Å²) in [7, 11) is 0. The van der Waals surface area contributed by atoms with Crippen molar-refractivity contribution >= 4 is 17.9 Å². The molecule has 0 saturated carbocycles. The van der Waals surface area contributed by atoms with E-state index in [0.29, 0.717) is 39.9 Å². The van der Waals surface area contributed by atoms with Gasteiger partial charge in [-0.05, 0) is 93.1 Å². The fraction of sp³-hybridized carbons (Fsp3) is 0.194. The number of carbonyl (C=O) groups excluding carboxylic acids is 3. The van der Waals surface area contributed by atoms with E-state index < -0.39 is 17.9 Å². The molecule has 3 aromatic carbocycles. The lowest BCUT2D eigenvalue weighted by Crippen LogP contribution is -2.11. The van der Waals surface area contributed by atoms with Crippen LogP contribution in [-0.4, -0.2) is 38.3 Å². The van der Waals surface area contributed by atoms with Gasteiger partial charge < -0.3 is 33.2 Å². The Morgan fingerprint density at radius 2 is 1.05 bits per heavy atom. The van der Waals surface area contributed by atoms with Crippen molar-refractivity contribution in [2.45, 2.75) is 20.8 Å². The zero-order chi connectivity index (χ0) is 29.8. The summed E-state index contributed by atoms with van der Waals surface area (Å²) in [4.78, 5) is 35.3. The van der Waals surface area contributed by atoms with Crippen LogP contribution in [0.2, 0.25) is 0 Å². The summed E-state index contributed by atoms with van der Waals surface area (Å²) in [6.45, 7) is 11.3. The molecule has 3 rings (SSSR count). The van der Waals surface area contributed by atoms with Gasteiger partial charge in [0, 0.05) is 11.1 Å². The van der Waals surface area contributed by atoms with Crippen LogP contribution in [-0.2, 0) is 19.1 Å². The van der Waals surface area contributed by atoms with Crippen molar-refractivity contribution in [1.82, 2.24) is 0 Å². The number of esters is 3. The van der Waals surface area contributed by atoms with Gasteiger partial charge in [-0.15, -0.1) is 0 Å². The number of rotatable bonds is 14. The first-order chi connectivity index (χ1) is 19.6. The number of hydrogen-bond acceptors (Lipinski definition) is 10. The third kappa shape index (κ3) is 9.77. The molecule has 214 valence electrons. The van der Waals surface area contributed by atoms with Gasteiger partial charge in [0.1, 0.15) is 28.7 Å².